The van der Waals surface area contributed by atoms with Gasteiger partial charge in [0.05, 0.1) is 0 Å². The van der Waals surface area contributed by atoms with Crippen LogP contribution in [-0.4, -0.2) is 41.8 Å². The van der Waals surface area contributed by atoms with E-state index in [1.54, 1.807) is 24.3 Å². The van der Waals surface area contributed by atoms with Crippen molar-refractivity contribution in [3.8, 4) is 0 Å². The number of likely N-dealkylation sites (tertiary alicyclic amines) is 1. The number of hydrogen-bond acceptors (Lipinski definition) is 3. The summed E-state index contributed by atoms with van der Waals surface area (Å²) < 4.78 is 5.85. The maximum absolute atomic E-state index is 11.9. The number of carbonyl (C=O) groups excluding carboxylic acids is 1. The molecule has 1 aliphatic heterocycles. The fourth-order valence-corrected chi connectivity index (χ4v) is 2.75. The smallest absolute Gasteiger partial charge is 0.410 e. The molecule has 1 aromatic carbocycles. The van der Waals surface area contributed by atoms with Crippen LogP contribution < -0.4 is 0 Å². The number of rotatable bonds is 4. The molecule has 6 heteroatoms. The summed E-state index contributed by atoms with van der Waals surface area (Å²) in [5.41, 5.74) is -0.384. The molecule has 1 aliphatic rings. The van der Waals surface area contributed by atoms with E-state index < -0.39 is 17.5 Å². The van der Waals surface area contributed by atoms with E-state index in [-0.39, 0.29) is 13.2 Å². The Morgan fingerprint density at radius 3 is 2.67 bits per heavy atom. The number of carboxylic acids is 1. The third kappa shape index (κ3) is 3.10. The van der Waals surface area contributed by atoms with Gasteiger partial charge in [-0.2, -0.15) is 0 Å². The van der Waals surface area contributed by atoms with Gasteiger partial charge < -0.3 is 14.7 Å². The summed E-state index contributed by atoms with van der Waals surface area (Å²) >= 11 is 3.33. The van der Waals surface area contributed by atoms with Crippen molar-refractivity contribution in [3.63, 3.8) is 0 Å². The van der Waals surface area contributed by atoms with E-state index >= 15 is 0 Å². The lowest BCUT2D eigenvalue weighted by Crippen LogP contribution is -2.40. The minimum atomic E-state index is -1.08. The van der Waals surface area contributed by atoms with Crippen LogP contribution in [0.2, 0.25) is 0 Å². The minimum absolute atomic E-state index is 0.111. The van der Waals surface area contributed by atoms with Crippen LogP contribution in [-0.2, 0) is 14.9 Å². The van der Waals surface area contributed by atoms with E-state index in [0.717, 1.165) is 4.47 Å². The van der Waals surface area contributed by atoms with E-state index in [0.29, 0.717) is 18.5 Å². The van der Waals surface area contributed by atoms with Crippen LogP contribution in [0.3, 0.4) is 0 Å². The SMILES string of the molecule is C=CCOC(=O)N1CCC(C(=O)O)(c2ccc(Br)cc2)C1. The van der Waals surface area contributed by atoms with Gasteiger partial charge in [-0.15, -0.1) is 0 Å². The highest BCUT2D eigenvalue weighted by atomic mass is 79.9. The van der Waals surface area contributed by atoms with Gasteiger partial charge in [0.1, 0.15) is 12.0 Å². The third-order valence-corrected chi connectivity index (χ3v) is 4.19. The molecule has 0 saturated carbocycles. The second-order valence-electron chi connectivity index (χ2n) is 4.93. The zero-order valence-electron chi connectivity index (χ0n) is 11.4. The van der Waals surface area contributed by atoms with Gasteiger partial charge in [0.15, 0.2) is 0 Å². The molecule has 112 valence electrons. The highest BCUT2D eigenvalue weighted by Gasteiger charge is 2.48. The molecule has 1 heterocycles. The van der Waals surface area contributed by atoms with Gasteiger partial charge in [-0.1, -0.05) is 40.7 Å². The number of carbonyl (C=O) groups is 2. The number of hydrogen-bond donors (Lipinski definition) is 1. The van der Waals surface area contributed by atoms with Crippen molar-refractivity contribution >= 4 is 28.0 Å². The molecule has 5 nitrogen and oxygen atoms in total. The first kappa shape index (κ1) is 15.6. The number of benzene rings is 1. The van der Waals surface area contributed by atoms with Crippen molar-refractivity contribution in [1.82, 2.24) is 4.90 Å². The summed E-state index contributed by atoms with van der Waals surface area (Å²) in [6.07, 6.45) is 1.34. The van der Waals surface area contributed by atoms with Gasteiger partial charge in [0.2, 0.25) is 0 Å². The number of aliphatic carboxylic acids is 1. The maximum atomic E-state index is 11.9. The Morgan fingerprint density at radius 1 is 1.43 bits per heavy atom. The molecule has 0 bridgehead atoms. The Bertz CT molecular complexity index is 557. The molecule has 1 unspecified atom stereocenters. The predicted octanol–water partition coefficient (Wildman–Crippen LogP) is 2.80. The Kier molecular flexibility index (Phi) is 4.67. The Balaban J connectivity index is 2.22. The summed E-state index contributed by atoms with van der Waals surface area (Å²) in [6.45, 7) is 4.07. The maximum Gasteiger partial charge on any atom is 0.410 e. The molecule has 1 amide bonds. The first-order valence-electron chi connectivity index (χ1n) is 6.51. The van der Waals surface area contributed by atoms with Gasteiger partial charge >= 0.3 is 12.1 Å². The Hall–Kier alpha value is -1.82. The quantitative estimate of drug-likeness (QED) is 0.845. The molecule has 1 N–H and O–H groups in total. The lowest BCUT2D eigenvalue weighted by Gasteiger charge is -2.25. The molecule has 1 aromatic rings. The highest BCUT2D eigenvalue weighted by Crippen LogP contribution is 2.35. The number of carboxylic acid groups (broad SMARTS) is 1. The molecule has 1 fully saturated rings. The molecular formula is C15H16BrNO4. The molecule has 21 heavy (non-hydrogen) atoms. The Labute approximate surface area is 131 Å². The second kappa shape index (κ2) is 6.30. The van der Waals surface area contributed by atoms with Crippen molar-refractivity contribution < 1.29 is 19.4 Å². The van der Waals surface area contributed by atoms with Crippen LogP contribution in [0.5, 0.6) is 0 Å². The van der Waals surface area contributed by atoms with Gasteiger partial charge in [-0.25, -0.2) is 4.79 Å². The predicted molar refractivity (Wildman–Crippen MR) is 81.2 cm³/mol. The zero-order valence-corrected chi connectivity index (χ0v) is 13.0. The van der Waals surface area contributed by atoms with Crippen LogP contribution in [0.1, 0.15) is 12.0 Å². The van der Waals surface area contributed by atoms with Crippen molar-refractivity contribution in [1.29, 1.82) is 0 Å². The molecule has 0 spiro atoms. The summed E-state index contributed by atoms with van der Waals surface area (Å²) in [5, 5.41) is 9.66. The van der Waals surface area contributed by atoms with E-state index in [9.17, 15) is 14.7 Å². The monoisotopic (exact) mass is 353 g/mol. The standard InChI is InChI=1S/C15H16BrNO4/c1-2-9-21-14(20)17-8-7-15(10-17,13(18)19)11-3-5-12(16)6-4-11/h2-6H,1,7-10H2,(H,18,19). The van der Waals surface area contributed by atoms with Crippen LogP contribution in [0.4, 0.5) is 4.79 Å². The number of amides is 1. The average molecular weight is 354 g/mol. The summed E-state index contributed by atoms with van der Waals surface area (Å²) in [5.74, 6) is -0.927. The van der Waals surface area contributed by atoms with E-state index in [1.165, 1.54) is 11.0 Å². The normalized spacial score (nSPS) is 21.1. The first-order chi connectivity index (χ1) is 9.99. The lowest BCUT2D eigenvalue weighted by atomic mass is 9.80. The minimum Gasteiger partial charge on any atom is -0.481 e. The fraction of sp³-hybridized carbons (Fsp3) is 0.333. The fourth-order valence-electron chi connectivity index (χ4n) is 2.49. The van der Waals surface area contributed by atoms with E-state index in [2.05, 4.69) is 22.5 Å². The van der Waals surface area contributed by atoms with Crippen molar-refractivity contribution in [2.45, 2.75) is 11.8 Å². The summed E-state index contributed by atoms with van der Waals surface area (Å²) in [7, 11) is 0. The van der Waals surface area contributed by atoms with Gasteiger partial charge in [-0.05, 0) is 24.1 Å². The Morgan fingerprint density at radius 2 is 2.10 bits per heavy atom. The first-order valence-corrected chi connectivity index (χ1v) is 7.31. The van der Waals surface area contributed by atoms with Crippen LogP contribution in [0, 0.1) is 0 Å². The number of nitrogens with zero attached hydrogens (tertiary/aromatic N) is 1. The zero-order chi connectivity index (χ0) is 15.5. The van der Waals surface area contributed by atoms with Gasteiger partial charge in [-0.3, -0.25) is 4.79 Å². The molecule has 0 aromatic heterocycles. The van der Waals surface area contributed by atoms with Crippen molar-refractivity contribution in [2.24, 2.45) is 0 Å². The number of ether oxygens (including phenoxy) is 1. The van der Waals surface area contributed by atoms with Gasteiger partial charge in [0, 0.05) is 17.6 Å². The lowest BCUT2D eigenvalue weighted by molar-refractivity contribution is -0.143. The molecule has 1 atom stereocenters. The van der Waals surface area contributed by atoms with E-state index in [1.807, 2.05) is 0 Å². The van der Waals surface area contributed by atoms with Gasteiger partial charge in [0.25, 0.3) is 0 Å². The number of halogens is 1. The summed E-state index contributed by atoms with van der Waals surface area (Å²) in [4.78, 5) is 25.1. The topological polar surface area (TPSA) is 66.8 Å². The van der Waals surface area contributed by atoms with Crippen LogP contribution >= 0.6 is 15.9 Å². The third-order valence-electron chi connectivity index (χ3n) is 3.66. The second-order valence-corrected chi connectivity index (χ2v) is 5.85. The molecule has 0 radical (unpaired) electrons. The van der Waals surface area contributed by atoms with E-state index in [4.69, 9.17) is 4.74 Å². The van der Waals surface area contributed by atoms with Crippen molar-refractivity contribution in [2.75, 3.05) is 19.7 Å². The highest BCUT2D eigenvalue weighted by molar-refractivity contribution is 9.10. The summed E-state index contributed by atoms with van der Waals surface area (Å²) in [6, 6.07) is 7.16. The molecular weight excluding hydrogens is 338 g/mol. The average Bonchev–Trinajstić information content (AvgIpc) is 2.92. The van der Waals surface area contributed by atoms with Crippen LogP contribution in [0.15, 0.2) is 41.4 Å². The molecule has 1 saturated heterocycles. The van der Waals surface area contributed by atoms with Crippen LogP contribution in [0.25, 0.3) is 0 Å². The molecule has 2 rings (SSSR count). The molecule has 0 aliphatic carbocycles. The van der Waals surface area contributed by atoms with Crippen molar-refractivity contribution in [3.05, 3.63) is 47.0 Å². The largest absolute Gasteiger partial charge is 0.481 e.